The van der Waals surface area contributed by atoms with Gasteiger partial charge in [-0.25, -0.2) is 5.32 Å². The topological polar surface area (TPSA) is 14.1 Å². The lowest BCUT2D eigenvalue weighted by Crippen LogP contribution is -2.05. The van der Waals surface area contributed by atoms with E-state index in [1.807, 2.05) is 6.07 Å². The van der Waals surface area contributed by atoms with Crippen LogP contribution < -0.4 is 5.32 Å². The third kappa shape index (κ3) is 3.54. The van der Waals surface area contributed by atoms with E-state index < -0.39 is 0 Å². The van der Waals surface area contributed by atoms with E-state index in [2.05, 4.69) is 36.5 Å². The van der Waals surface area contributed by atoms with Gasteiger partial charge in [0.05, 0.1) is 0 Å². The van der Waals surface area contributed by atoms with Gasteiger partial charge in [-0.15, -0.1) is 0 Å². The normalized spacial score (nSPS) is 10.1. The molecule has 0 spiro atoms. The molecule has 0 atom stereocenters. The molecule has 1 rings (SSSR count). The average molecular weight is 162 g/mol. The SMILES string of the molecule is CCCC[N]Cc1ccccc1. The molecular weight excluding hydrogens is 146 g/mol. The van der Waals surface area contributed by atoms with E-state index in [1.165, 1.54) is 18.4 Å². The van der Waals surface area contributed by atoms with Gasteiger partial charge in [0.2, 0.25) is 0 Å². The molecule has 0 saturated carbocycles. The summed E-state index contributed by atoms with van der Waals surface area (Å²) in [7, 11) is 0. The molecule has 0 saturated heterocycles. The Balaban J connectivity index is 2.16. The van der Waals surface area contributed by atoms with Crippen LogP contribution in [0.15, 0.2) is 30.3 Å². The second-order valence-electron chi connectivity index (χ2n) is 2.94. The third-order valence-corrected chi connectivity index (χ3v) is 1.81. The Bertz CT molecular complexity index is 193. The maximum absolute atomic E-state index is 4.43. The minimum atomic E-state index is 0.876. The maximum atomic E-state index is 4.43. The van der Waals surface area contributed by atoms with Gasteiger partial charge in [-0.2, -0.15) is 0 Å². The summed E-state index contributed by atoms with van der Waals surface area (Å²) in [5.41, 5.74) is 1.31. The highest BCUT2D eigenvalue weighted by Crippen LogP contribution is 1.98. The molecule has 1 aromatic rings. The van der Waals surface area contributed by atoms with Gasteiger partial charge in [-0.05, 0) is 12.0 Å². The van der Waals surface area contributed by atoms with Crippen LogP contribution in [-0.4, -0.2) is 6.54 Å². The standard InChI is InChI=1S/C11H16N/c1-2-3-9-12-10-11-7-5-4-6-8-11/h4-8H,2-3,9-10H2,1H3. The quantitative estimate of drug-likeness (QED) is 0.591. The summed E-state index contributed by atoms with van der Waals surface area (Å²) < 4.78 is 0. The first-order chi connectivity index (χ1) is 5.93. The number of nitrogens with zero attached hydrogens (tertiary/aromatic N) is 1. The van der Waals surface area contributed by atoms with Crippen molar-refractivity contribution in [1.82, 2.24) is 5.32 Å². The van der Waals surface area contributed by atoms with Crippen LogP contribution in [0.2, 0.25) is 0 Å². The number of unbranched alkanes of at least 4 members (excludes halogenated alkanes) is 1. The molecule has 0 aliphatic heterocycles. The number of hydrogen-bond acceptors (Lipinski definition) is 0. The maximum Gasteiger partial charge on any atom is 0.0384 e. The molecule has 0 aliphatic carbocycles. The molecular formula is C11H16N. The first-order valence-electron chi connectivity index (χ1n) is 4.60. The average Bonchev–Trinajstić information content (AvgIpc) is 2.14. The van der Waals surface area contributed by atoms with Crippen LogP contribution in [0, 0.1) is 0 Å². The lowest BCUT2D eigenvalue weighted by Gasteiger charge is -2.00. The fraction of sp³-hybridized carbons (Fsp3) is 0.455. The summed E-state index contributed by atoms with van der Waals surface area (Å²) in [6, 6.07) is 10.4. The predicted octanol–water partition coefficient (Wildman–Crippen LogP) is 2.59. The highest BCUT2D eigenvalue weighted by Gasteiger charge is 1.90. The minimum Gasteiger partial charge on any atom is -0.237 e. The molecule has 0 N–H and O–H groups in total. The molecule has 0 heterocycles. The van der Waals surface area contributed by atoms with Gasteiger partial charge in [-0.1, -0.05) is 43.7 Å². The van der Waals surface area contributed by atoms with E-state index in [0.717, 1.165) is 13.1 Å². The summed E-state index contributed by atoms with van der Waals surface area (Å²) in [5.74, 6) is 0. The van der Waals surface area contributed by atoms with E-state index in [0.29, 0.717) is 0 Å². The van der Waals surface area contributed by atoms with Crippen molar-refractivity contribution >= 4 is 0 Å². The summed E-state index contributed by atoms with van der Waals surface area (Å²) in [4.78, 5) is 0. The Morgan fingerprint density at radius 2 is 1.92 bits per heavy atom. The van der Waals surface area contributed by atoms with Gasteiger partial charge in [0, 0.05) is 13.1 Å². The summed E-state index contributed by atoms with van der Waals surface area (Å²) >= 11 is 0. The molecule has 1 nitrogen and oxygen atoms in total. The van der Waals surface area contributed by atoms with E-state index in [4.69, 9.17) is 0 Å². The molecule has 1 aromatic carbocycles. The Kier molecular flexibility index (Phi) is 4.47. The fourth-order valence-corrected chi connectivity index (χ4v) is 1.06. The Hall–Kier alpha value is -0.820. The van der Waals surface area contributed by atoms with Crippen molar-refractivity contribution in [2.24, 2.45) is 0 Å². The van der Waals surface area contributed by atoms with Crippen molar-refractivity contribution in [3.63, 3.8) is 0 Å². The van der Waals surface area contributed by atoms with Crippen LogP contribution in [0.3, 0.4) is 0 Å². The predicted molar refractivity (Wildman–Crippen MR) is 52.1 cm³/mol. The van der Waals surface area contributed by atoms with Crippen LogP contribution in [0.4, 0.5) is 0 Å². The third-order valence-electron chi connectivity index (χ3n) is 1.81. The molecule has 12 heavy (non-hydrogen) atoms. The summed E-state index contributed by atoms with van der Waals surface area (Å²) in [6.45, 7) is 4.07. The van der Waals surface area contributed by atoms with Crippen LogP contribution in [0.25, 0.3) is 0 Å². The largest absolute Gasteiger partial charge is 0.237 e. The van der Waals surface area contributed by atoms with Crippen LogP contribution in [0.1, 0.15) is 25.3 Å². The van der Waals surface area contributed by atoms with E-state index >= 15 is 0 Å². The molecule has 0 fully saturated rings. The zero-order valence-electron chi connectivity index (χ0n) is 7.66. The van der Waals surface area contributed by atoms with Crippen molar-refractivity contribution < 1.29 is 0 Å². The minimum absolute atomic E-state index is 0.876. The second-order valence-corrected chi connectivity index (χ2v) is 2.94. The fourth-order valence-electron chi connectivity index (χ4n) is 1.06. The molecule has 0 unspecified atom stereocenters. The molecule has 0 aliphatic rings. The zero-order valence-corrected chi connectivity index (χ0v) is 7.66. The van der Waals surface area contributed by atoms with Gasteiger partial charge in [-0.3, -0.25) is 0 Å². The van der Waals surface area contributed by atoms with Gasteiger partial charge in [0.1, 0.15) is 0 Å². The van der Waals surface area contributed by atoms with Crippen molar-refractivity contribution in [2.75, 3.05) is 6.54 Å². The van der Waals surface area contributed by atoms with Crippen molar-refractivity contribution in [3.8, 4) is 0 Å². The Morgan fingerprint density at radius 3 is 2.58 bits per heavy atom. The lowest BCUT2D eigenvalue weighted by atomic mass is 10.2. The second kappa shape index (κ2) is 5.78. The van der Waals surface area contributed by atoms with Gasteiger partial charge >= 0.3 is 0 Å². The first kappa shape index (κ1) is 9.27. The Labute approximate surface area is 74.8 Å². The van der Waals surface area contributed by atoms with Gasteiger partial charge < -0.3 is 0 Å². The summed E-state index contributed by atoms with van der Waals surface area (Å²) in [5, 5.41) is 4.43. The molecule has 0 amide bonds. The van der Waals surface area contributed by atoms with Crippen LogP contribution in [0.5, 0.6) is 0 Å². The molecule has 1 radical (unpaired) electrons. The van der Waals surface area contributed by atoms with E-state index in [-0.39, 0.29) is 0 Å². The zero-order chi connectivity index (χ0) is 8.65. The molecule has 0 bridgehead atoms. The number of hydrogen-bond donors (Lipinski definition) is 0. The number of benzene rings is 1. The van der Waals surface area contributed by atoms with Gasteiger partial charge in [0.15, 0.2) is 0 Å². The monoisotopic (exact) mass is 162 g/mol. The van der Waals surface area contributed by atoms with Crippen molar-refractivity contribution in [3.05, 3.63) is 35.9 Å². The van der Waals surface area contributed by atoms with Crippen molar-refractivity contribution in [2.45, 2.75) is 26.3 Å². The highest BCUT2D eigenvalue weighted by molar-refractivity contribution is 5.14. The highest BCUT2D eigenvalue weighted by atomic mass is 14.8. The lowest BCUT2D eigenvalue weighted by molar-refractivity contribution is 0.629. The van der Waals surface area contributed by atoms with Crippen molar-refractivity contribution in [1.29, 1.82) is 0 Å². The van der Waals surface area contributed by atoms with Gasteiger partial charge in [0.25, 0.3) is 0 Å². The van der Waals surface area contributed by atoms with Crippen LogP contribution >= 0.6 is 0 Å². The van der Waals surface area contributed by atoms with E-state index in [1.54, 1.807) is 0 Å². The first-order valence-corrected chi connectivity index (χ1v) is 4.60. The Morgan fingerprint density at radius 1 is 1.17 bits per heavy atom. The van der Waals surface area contributed by atoms with E-state index in [9.17, 15) is 0 Å². The molecule has 1 heteroatoms. The smallest absolute Gasteiger partial charge is 0.0384 e. The summed E-state index contributed by atoms with van der Waals surface area (Å²) in [6.07, 6.45) is 2.45. The molecule has 0 aromatic heterocycles. The van der Waals surface area contributed by atoms with Crippen LogP contribution in [-0.2, 0) is 6.54 Å². The molecule has 65 valence electrons. The number of rotatable bonds is 5.